The summed E-state index contributed by atoms with van der Waals surface area (Å²) < 4.78 is 7.41. The van der Waals surface area contributed by atoms with Crippen LogP contribution < -0.4 is 0 Å². The zero-order valence-electron chi connectivity index (χ0n) is 82.4. The molecular formula is C117H165N3. The highest BCUT2D eigenvalue weighted by molar-refractivity contribution is 6.28. The summed E-state index contributed by atoms with van der Waals surface area (Å²) in [6.45, 7) is 74.6. The Morgan fingerprint density at radius 3 is 0.567 bits per heavy atom. The van der Waals surface area contributed by atoms with Crippen molar-refractivity contribution in [1.29, 1.82) is 0 Å². The highest BCUT2D eigenvalue weighted by atomic mass is 15.0. The number of rotatable bonds is 6. The molecule has 15 aromatic carbocycles. The van der Waals surface area contributed by atoms with E-state index in [1.807, 2.05) is 249 Å². The molecule has 0 unspecified atom stereocenters. The molecule has 0 aliphatic carbocycles. The molecule has 0 radical (unpaired) electrons. The lowest BCUT2D eigenvalue weighted by molar-refractivity contribution is 0.869. The summed E-state index contributed by atoms with van der Waals surface area (Å²) in [6, 6.07) is 112. The Bertz CT molecular complexity index is 5210. The van der Waals surface area contributed by atoms with E-state index in [-0.39, 0.29) is 0 Å². The molecule has 0 spiro atoms. The summed E-state index contributed by atoms with van der Waals surface area (Å²) in [5.74, 6) is 0. The minimum atomic E-state index is 0.873. The predicted octanol–water partition coefficient (Wildman–Crippen LogP) is 39.9. The van der Waals surface area contributed by atoms with Crippen LogP contribution in [-0.2, 0) is 19.6 Å². The maximum atomic E-state index is 2.47. The lowest BCUT2D eigenvalue weighted by atomic mass is 10.00. The van der Waals surface area contributed by atoms with Gasteiger partial charge >= 0.3 is 0 Å². The third kappa shape index (κ3) is 29.6. The van der Waals surface area contributed by atoms with Gasteiger partial charge in [-0.1, -0.05) is 504 Å². The SMILES string of the molecule is CC.CC.CC.CC.CC.CC.CC.CC.CC.CC.CC.CC.CC.CC.CC.CC.CC.CC.c1ccc(Cn2c3cc4ccccc4cc3c3c4ccccc4ccc32)cc1.c1ccc(Cn2c3cc4ccccc4cc3c3cc4ccccc4cc32)cc1.c1ccc(Cn2c3ccc4ccccc4c3c3c4ccccc4ccc32)cc1. The second-order valence-electron chi connectivity index (χ2n) is 22.4. The summed E-state index contributed by atoms with van der Waals surface area (Å²) in [6.07, 6.45) is 0. The van der Waals surface area contributed by atoms with E-state index < -0.39 is 0 Å². The van der Waals surface area contributed by atoms with E-state index in [4.69, 9.17) is 0 Å². The fourth-order valence-corrected chi connectivity index (χ4v) is 13.4. The van der Waals surface area contributed by atoms with Gasteiger partial charge in [0.25, 0.3) is 0 Å². The van der Waals surface area contributed by atoms with E-state index >= 15 is 0 Å². The fraction of sp³-hybridized carbons (Fsp3) is 0.333. The predicted molar refractivity (Wildman–Crippen MR) is 564 cm³/mol. The molecule has 0 saturated carbocycles. The van der Waals surface area contributed by atoms with Crippen molar-refractivity contribution in [3.05, 3.63) is 326 Å². The maximum absolute atomic E-state index is 2.47. The monoisotopic (exact) mass is 1610 g/mol. The Kier molecular flexibility index (Phi) is 66.3. The third-order valence-electron chi connectivity index (χ3n) is 17.4. The van der Waals surface area contributed by atoms with Gasteiger partial charge in [-0.15, -0.1) is 0 Å². The van der Waals surface area contributed by atoms with Gasteiger partial charge < -0.3 is 13.7 Å². The van der Waals surface area contributed by atoms with Gasteiger partial charge in [-0.05, 0) is 136 Å². The molecule has 18 rings (SSSR count). The van der Waals surface area contributed by atoms with E-state index in [1.54, 1.807) is 0 Å². The van der Waals surface area contributed by atoms with Crippen LogP contribution in [-0.4, -0.2) is 13.7 Å². The van der Waals surface area contributed by atoms with Crippen LogP contribution in [0, 0.1) is 0 Å². The average molecular weight is 1610 g/mol. The molecule has 3 nitrogen and oxygen atoms in total. The van der Waals surface area contributed by atoms with Crippen LogP contribution in [0.25, 0.3) is 130 Å². The number of benzene rings is 15. The second kappa shape index (κ2) is 70.1. The number of nitrogens with zero attached hydrogens (tertiary/aromatic N) is 3. The van der Waals surface area contributed by atoms with Crippen molar-refractivity contribution in [2.24, 2.45) is 0 Å². The maximum Gasteiger partial charge on any atom is 0.0501 e. The van der Waals surface area contributed by atoms with Crippen molar-refractivity contribution >= 4 is 130 Å². The molecule has 0 fully saturated rings. The summed E-state index contributed by atoms with van der Waals surface area (Å²) in [5, 5.41) is 23.7. The van der Waals surface area contributed by atoms with Gasteiger partial charge in [0.15, 0.2) is 0 Å². The number of aromatic nitrogens is 3. The van der Waals surface area contributed by atoms with Gasteiger partial charge in [0.1, 0.15) is 0 Å². The average Bonchev–Trinajstić information content (AvgIpc) is 1.58. The van der Waals surface area contributed by atoms with Crippen LogP contribution in [0.3, 0.4) is 0 Å². The van der Waals surface area contributed by atoms with E-state index in [2.05, 4.69) is 323 Å². The van der Waals surface area contributed by atoms with Crippen molar-refractivity contribution in [3.63, 3.8) is 0 Å². The zero-order valence-corrected chi connectivity index (χ0v) is 82.4. The number of fused-ring (bicyclic) bond motifs is 18. The van der Waals surface area contributed by atoms with Gasteiger partial charge in [-0.25, -0.2) is 0 Å². The smallest absolute Gasteiger partial charge is 0.0501 e. The first kappa shape index (κ1) is 113. The standard InChI is InChI=1S/3C27H19N.18C2H6/c1-2-8-19(9-3-1)18-28-26-16-22-12-6-4-10-20(22)14-24(26)25-15-21-11-5-7-13-23(21)17-27(25)28;1-2-8-19(9-3-1)18-28-24-16-14-20-10-4-6-12-22(20)26(24)27-23-13-7-5-11-21(23)15-17-25(27)28;1-2-8-19(9-3-1)18-28-25-15-14-20-10-6-7-13-23(20)27(25)24-16-21-11-4-5-12-22(21)17-26(24)28;18*1-2/h3*1-17H,18H2;18*1-2H3. The summed E-state index contributed by atoms with van der Waals surface area (Å²) >= 11 is 0. The van der Waals surface area contributed by atoms with Crippen LogP contribution in [0.15, 0.2) is 309 Å². The van der Waals surface area contributed by atoms with Crippen molar-refractivity contribution in [2.45, 2.75) is 269 Å². The highest BCUT2D eigenvalue weighted by Gasteiger charge is 2.19. The van der Waals surface area contributed by atoms with E-state index in [0.29, 0.717) is 0 Å². The molecule has 120 heavy (non-hydrogen) atoms. The molecule has 0 atom stereocenters. The van der Waals surface area contributed by atoms with E-state index in [0.717, 1.165) is 19.6 Å². The fourth-order valence-electron chi connectivity index (χ4n) is 13.4. The van der Waals surface area contributed by atoms with Crippen molar-refractivity contribution in [2.75, 3.05) is 0 Å². The molecule has 0 bridgehead atoms. The lowest BCUT2D eigenvalue weighted by Gasteiger charge is -2.09. The molecule has 3 heteroatoms. The first-order valence-corrected chi connectivity index (χ1v) is 47.2. The molecule has 0 saturated heterocycles. The first-order valence-electron chi connectivity index (χ1n) is 47.2. The molecule has 648 valence electrons. The van der Waals surface area contributed by atoms with Crippen LogP contribution in [0.4, 0.5) is 0 Å². The van der Waals surface area contributed by atoms with Gasteiger partial charge in [0.2, 0.25) is 0 Å². The second-order valence-corrected chi connectivity index (χ2v) is 22.4. The lowest BCUT2D eigenvalue weighted by Crippen LogP contribution is -1.99. The zero-order chi connectivity index (χ0) is 91.5. The topological polar surface area (TPSA) is 14.8 Å². The quantitative estimate of drug-likeness (QED) is 0.158. The molecule has 3 aromatic heterocycles. The summed E-state index contributed by atoms with van der Waals surface area (Å²) in [5.41, 5.74) is 11.8. The van der Waals surface area contributed by atoms with Gasteiger partial charge in [-0.3, -0.25) is 0 Å². The van der Waals surface area contributed by atoms with E-state index in [1.165, 1.54) is 147 Å². The van der Waals surface area contributed by atoms with Crippen LogP contribution >= 0.6 is 0 Å². The van der Waals surface area contributed by atoms with Crippen molar-refractivity contribution in [1.82, 2.24) is 13.7 Å². The van der Waals surface area contributed by atoms with Gasteiger partial charge in [0, 0.05) is 52.0 Å². The Morgan fingerprint density at radius 2 is 0.308 bits per heavy atom. The third-order valence-corrected chi connectivity index (χ3v) is 17.4. The largest absolute Gasteiger partial charge is 0.336 e. The van der Waals surface area contributed by atoms with Gasteiger partial charge in [0.05, 0.1) is 33.1 Å². The number of hydrogen-bond donors (Lipinski definition) is 0. The van der Waals surface area contributed by atoms with Crippen molar-refractivity contribution in [3.8, 4) is 0 Å². The minimum absolute atomic E-state index is 0.873. The normalized spacial score (nSPS) is 9.10. The molecule has 0 aliphatic rings. The van der Waals surface area contributed by atoms with Crippen LogP contribution in [0.2, 0.25) is 0 Å². The molecule has 0 N–H and O–H groups in total. The molecule has 18 aromatic rings. The molecule has 3 heterocycles. The van der Waals surface area contributed by atoms with Crippen molar-refractivity contribution < 1.29 is 0 Å². The van der Waals surface area contributed by atoms with E-state index in [9.17, 15) is 0 Å². The Labute approximate surface area is 734 Å². The van der Waals surface area contributed by atoms with Gasteiger partial charge in [-0.2, -0.15) is 0 Å². The minimum Gasteiger partial charge on any atom is -0.336 e. The van der Waals surface area contributed by atoms with Crippen LogP contribution in [0.1, 0.15) is 266 Å². The first-order chi connectivity index (χ1) is 59.6. The Hall–Kier alpha value is -10.7. The molecule has 0 amide bonds. The van der Waals surface area contributed by atoms with Crippen LogP contribution in [0.5, 0.6) is 0 Å². The summed E-state index contributed by atoms with van der Waals surface area (Å²) in [4.78, 5) is 0. The molecule has 0 aliphatic heterocycles. The highest BCUT2D eigenvalue weighted by Crippen LogP contribution is 2.41. The molecular weight excluding hydrogens is 1450 g/mol. The Balaban J connectivity index is -0.00000144. The Morgan fingerprint density at radius 1 is 0.133 bits per heavy atom. The number of hydrogen-bond acceptors (Lipinski definition) is 0. The summed E-state index contributed by atoms with van der Waals surface area (Å²) in [7, 11) is 0.